The Morgan fingerprint density at radius 3 is 2.31 bits per heavy atom. The van der Waals surface area contributed by atoms with Crippen LogP contribution in [0.5, 0.6) is 0 Å². The van der Waals surface area contributed by atoms with Gasteiger partial charge in [-0.2, -0.15) is 0 Å². The smallest absolute Gasteiger partial charge is 0.408 e. The van der Waals surface area contributed by atoms with Gasteiger partial charge in [-0.3, -0.25) is 0 Å². The fraction of sp³-hybridized carbons (Fsp3) is 0.900. The minimum Gasteiger partial charge on any atom is -0.444 e. The highest BCUT2D eigenvalue weighted by Crippen LogP contribution is 2.54. The van der Waals surface area contributed by atoms with E-state index in [1.807, 2.05) is 0 Å². The van der Waals surface area contributed by atoms with E-state index in [1.165, 1.54) is 0 Å². The van der Waals surface area contributed by atoms with Crippen molar-refractivity contribution >= 4 is 6.09 Å². The largest absolute Gasteiger partial charge is 0.444 e. The van der Waals surface area contributed by atoms with Crippen LogP contribution in [0.15, 0.2) is 0 Å². The van der Waals surface area contributed by atoms with Crippen LogP contribution in [0.1, 0.15) is 33.6 Å². The van der Waals surface area contributed by atoms with Crippen LogP contribution in [0.25, 0.3) is 0 Å². The Hall–Kier alpha value is -0.910. The zero-order chi connectivity index (χ0) is 12.6. The number of amides is 1. The van der Waals surface area contributed by atoms with Crippen LogP contribution < -0.4 is 11.1 Å². The Kier molecular flexibility index (Phi) is 3.15. The van der Waals surface area contributed by atoms with Crippen LogP contribution >= 0.6 is 0 Å². The molecule has 0 aromatic rings. The lowest BCUT2D eigenvalue weighted by Crippen LogP contribution is -2.45. The van der Waals surface area contributed by atoms with Gasteiger partial charge in [0.15, 0.2) is 0 Å². The summed E-state index contributed by atoms with van der Waals surface area (Å²) in [4.78, 5) is 11.4. The third kappa shape index (κ3) is 2.81. The molecule has 0 bridgehead atoms. The molecule has 0 aliphatic heterocycles. The summed E-state index contributed by atoms with van der Waals surface area (Å²) in [5, 5.41) is 2.22. The molecule has 0 radical (unpaired) electrons. The Bertz CT molecular complexity index is 289. The van der Waals surface area contributed by atoms with E-state index in [-0.39, 0.29) is 19.4 Å². The molecule has 1 atom stereocenters. The first kappa shape index (κ1) is 13.2. The maximum atomic E-state index is 13.1. The van der Waals surface area contributed by atoms with Crippen molar-refractivity contribution in [2.75, 3.05) is 6.54 Å². The van der Waals surface area contributed by atoms with Crippen molar-refractivity contribution in [2.45, 2.75) is 50.7 Å². The number of carbonyl (C=O) groups excluding carboxylic acids is 1. The molecular weight excluding hydrogens is 218 g/mol. The highest BCUT2D eigenvalue weighted by Gasteiger charge is 2.71. The van der Waals surface area contributed by atoms with E-state index in [4.69, 9.17) is 10.5 Å². The molecule has 6 heteroatoms. The Morgan fingerprint density at radius 2 is 2.00 bits per heavy atom. The number of hydrogen-bond acceptors (Lipinski definition) is 3. The van der Waals surface area contributed by atoms with Gasteiger partial charge in [-0.05, 0) is 33.7 Å². The number of carbonyl (C=O) groups is 1. The summed E-state index contributed by atoms with van der Waals surface area (Å²) in [6, 6.07) is 0. The zero-order valence-corrected chi connectivity index (χ0v) is 9.77. The van der Waals surface area contributed by atoms with Crippen LogP contribution in [0, 0.1) is 0 Å². The number of nitrogens with two attached hydrogens (primary N) is 1. The van der Waals surface area contributed by atoms with Crippen molar-refractivity contribution in [2.24, 2.45) is 5.73 Å². The van der Waals surface area contributed by atoms with Crippen LogP contribution in [0.4, 0.5) is 13.6 Å². The molecule has 0 aromatic heterocycles. The number of alkyl halides is 2. The molecule has 1 aliphatic rings. The summed E-state index contributed by atoms with van der Waals surface area (Å²) in [6.45, 7) is 5.12. The van der Waals surface area contributed by atoms with E-state index >= 15 is 0 Å². The van der Waals surface area contributed by atoms with E-state index in [0.29, 0.717) is 0 Å². The van der Waals surface area contributed by atoms with Gasteiger partial charge in [0.1, 0.15) is 11.1 Å². The van der Waals surface area contributed by atoms with Gasteiger partial charge in [-0.15, -0.1) is 0 Å². The number of rotatable bonds is 3. The van der Waals surface area contributed by atoms with Crippen LogP contribution in [0.2, 0.25) is 0 Å². The van der Waals surface area contributed by atoms with Gasteiger partial charge in [0.2, 0.25) is 0 Å². The summed E-state index contributed by atoms with van der Waals surface area (Å²) in [5.74, 6) is -2.87. The van der Waals surface area contributed by atoms with Crippen molar-refractivity contribution in [3.8, 4) is 0 Å². The van der Waals surface area contributed by atoms with Crippen molar-refractivity contribution < 1.29 is 18.3 Å². The van der Waals surface area contributed by atoms with Gasteiger partial charge in [0.25, 0.3) is 5.92 Å². The summed E-state index contributed by atoms with van der Waals surface area (Å²) >= 11 is 0. The monoisotopic (exact) mass is 236 g/mol. The predicted octanol–water partition coefficient (Wildman–Crippen LogP) is 1.64. The molecule has 0 heterocycles. The van der Waals surface area contributed by atoms with E-state index in [2.05, 4.69) is 5.32 Å². The fourth-order valence-corrected chi connectivity index (χ4v) is 1.55. The van der Waals surface area contributed by atoms with Crippen molar-refractivity contribution in [1.29, 1.82) is 0 Å². The molecule has 1 rings (SSSR count). The Morgan fingerprint density at radius 1 is 1.50 bits per heavy atom. The molecule has 0 aromatic carbocycles. The van der Waals surface area contributed by atoms with E-state index in [0.717, 1.165) is 0 Å². The van der Waals surface area contributed by atoms with Crippen molar-refractivity contribution in [1.82, 2.24) is 5.32 Å². The van der Waals surface area contributed by atoms with E-state index < -0.39 is 23.2 Å². The SMILES string of the molecule is CC(C)(C)OC(=O)NC1(CCN)CC1(F)F. The van der Waals surface area contributed by atoms with Gasteiger partial charge >= 0.3 is 6.09 Å². The molecule has 3 N–H and O–H groups in total. The standard InChI is InChI=1S/C10H18F2N2O2/c1-8(2,3)16-7(15)14-9(4-5-13)6-10(9,11)12/h4-6,13H2,1-3H3,(H,14,15). The summed E-state index contributed by atoms with van der Waals surface area (Å²) in [7, 11) is 0. The van der Waals surface area contributed by atoms with Crippen LogP contribution in [-0.4, -0.2) is 29.7 Å². The summed E-state index contributed by atoms with van der Waals surface area (Å²) in [6.07, 6.45) is -1.13. The molecule has 16 heavy (non-hydrogen) atoms. The zero-order valence-electron chi connectivity index (χ0n) is 9.77. The van der Waals surface area contributed by atoms with Crippen molar-refractivity contribution in [3.05, 3.63) is 0 Å². The first-order valence-corrected chi connectivity index (χ1v) is 5.21. The third-order valence-corrected chi connectivity index (χ3v) is 2.41. The maximum Gasteiger partial charge on any atom is 0.408 e. The average molecular weight is 236 g/mol. The molecule has 0 spiro atoms. The van der Waals surface area contributed by atoms with E-state index in [1.54, 1.807) is 20.8 Å². The van der Waals surface area contributed by atoms with Crippen molar-refractivity contribution in [3.63, 3.8) is 0 Å². The molecule has 1 unspecified atom stereocenters. The normalized spacial score (nSPS) is 27.4. The number of nitrogens with one attached hydrogen (secondary N) is 1. The summed E-state index contributed by atoms with van der Waals surface area (Å²) in [5.41, 5.74) is 3.06. The quantitative estimate of drug-likeness (QED) is 0.783. The Balaban J connectivity index is 2.56. The first-order chi connectivity index (χ1) is 7.12. The second-order valence-electron chi connectivity index (χ2n) is 5.13. The molecule has 1 aliphatic carbocycles. The molecule has 1 amide bonds. The molecule has 1 fully saturated rings. The highest BCUT2D eigenvalue weighted by molar-refractivity contribution is 5.70. The van der Waals surface area contributed by atoms with Crippen LogP contribution in [0.3, 0.4) is 0 Å². The van der Waals surface area contributed by atoms with Gasteiger partial charge < -0.3 is 15.8 Å². The fourth-order valence-electron chi connectivity index (χ4n) is 1.55. The van der Waals surface area contributed by atoms with E-state index in [9.17, 15) is 13.6 Å². The maximum absolute atomic E-state index is 13.1. The number of hydrogen-bond donors (Lipinski definition) is 2. The number of halogens is 2. The van der Waals surface area contributed by atoms with Gasteiger partial charge in [-0.1, -0.05) is 0 Å². The van der Waals surface area contributed by atoms with Crippen LogP contribution in [-0.2, 0) is 4.74 Å². The van der Waals surface area contributed by atoms with Gasteiger partial charge in [0.05, 0.1) is 0 Å². The number of ether oxygens (including phenoxy) is 1. The third-order valence-electron chi connectivity index (χ3n) is 2.41. The molecule has 0 saturated heterocycles. The minimum atomic E-state index is -2.87. The highest BCUT2D eigenvalue weighted by atomic mass is 19.3. The molecular formula is C10H18F2N2O2. The second kappa shape index (κ2) is 3.84. The summed E-state index contributed by atoms with van der Waals surface area (Å²) < 4.78 is 31.1. The molecule has 4 nitrogen and oxygen atoms in total. The molecule has 94 valence electrons. The first-order valence-electron chi connectivity index (χ1n) is 5.21. The lowest BCUT2D eigenvalue weighted by Gasteiger charge is -2.23. The minimum absolute atomic E-state index is 0.0548. The Labute approximate surface area is 93.5 Å². The topological polar surface area (TPSA) is 64.3 Å². The lowest BCUT2D eigenvalue weighted by molar-refractivity contribution is 0.0355. The predicted molar refractivity (Wildman–Crippen MR) is 55.3 cm³/mol. The van der Waals surface area contributed by atoms with Gasteiger partial charge in [-0.25, -0.2) is 13.6 Å². The van der Waals surface area contributed by atoms with Gasteiger partial charge in [0, 0.05) is 6.42 Å². The number of alkyl carbamates (subject to hydrolysis) is 1. The molecule has 1 saturated carbocycles. The lowest BCUT2D eigenvalue weighted by atomic mass is 10.1. The average Bonchev–Trinajstić information content (AvgIpc) is 2.47. The second-order valence-corrected chi connectivity index (χ2v) is 5.13.